The van der Waals surface area contributed by atoms with Gasteiger partial charge in [-0.2, -0.15) is 0 Å². The Morgan fingerprint density at radius 3 is 2.43 bits per heavy atom. The predicted octanol–water partition coefficient (Wildman–Crippen LogP) is 2.42. The molecule has 2 aromatic rings. The largest absolute Gasteiger partial charge is 0.497 e. The summed E-state index contributed by atoms with van der Waals surface area (Å²) in [7, 11) is 5.84. The summed E-state index contributed by atoms with van der Waals surface area (Å²) in [5.41, 5.74) is 0.887. The van der Waals surface area contributed by atoms with Crippen molar-refractivity contribution in [2.24, 2.45) is 5.92 Å². The van der Waals surface area contributed by atoms with Gasteiger partial charge in [0.2, 0.25) is 11.8 Å². The van der Waals surface area contributed by atoms with Crippen LogP contribution in [-0.2, 0) is 6.54 Å². The van der Waals surface area contributed by atoms with Gasteiger partial charge in [0.25, 0.3) is 0 Å². The Kier molecular flexibility index (Phi) is 6.12. The fourth-order valence-electron chi connectivity index (χ4n) is 2.52. The minimum absolute atomic E-state index is 0.471. The van der Waals surface area contributed by atoms with Gasteiger partial charge in [0.1, 0.15) is 5.75 Å². The van der Waals surface area contributed by atoms with Crippen molar-refractivity contribution in [3.63, 3.8) is 0 Å². The van der Waals surface area contributed by atoms with Crippen molar-refractivity contribution in [1.29, 1.82) is 0 Å². The summed E-state index contributed by atoms with van der Waals surface area (Å²) in [6, 6.07) is 8.04. The van der Waals surface area contributed by atoms with Gasteiger partial charge in [-0.25, -0.2) is 0 Å². The van der Waals surface area contributed by atoms with Gasteiger partial charge >= 0.3 is 0 Å². The zero-order valence-corrected chi connectivity index (χ0v) is 14.5. The molecule has 0 bridgehead atoms. The van der Waals surface area contributed by atoms with Crippen LogP contribution in [0.4, 0.5) is 0 Å². The molecule has 0 radical (unpaired) electrons. The van der Waals surface area contributed by atoms with Crippen LogP contribution in [0.15, 0.2) is 28.7 Å². The zero-order chi connectivity index (χ0) is 16.8. The average molecular weight is 318 g/mol. The monoisotopic (exact) mass is 318 g/mol. The van der Waals surface area contributed by atoms with Gasteiger partial charge in [-0.05, 0) is 44.3 Å². The summed E-state index contributed by atoms with van der Waals surface area (Å²) in [4.78, 5) is 2.23. The molecule has 0 aliphatic heterocycles. The third kappa shape index (κ3) is 4.77. The molecule has 2 rings (SSSR count). The number of ether oxygens (including phenoxy) is 1. The van der Waals surface area contributed by atoms with Crippen molar-refractivity contribution in [1.82, 2.24) is 20.4 Å². The van der Waals surface area contributed by atoms with Gasteiger partial charge in [0.05, 0.1) is 13.7 Å². The van der Waals surface area contributed by atoms with Crippen molar-refractivity contribution in [3.05, 3.63) is 30.2 Å². The molecule has 0 fully saturated rings. The molecule has 1 aromatic carbocycles. The lowest BCUT2D eigenvalue weighted by atomic mass is 10.0. The highest BCUT2D eigenvalue weighted by Gasteiger charge is 2.16. The Bertz CT molecular complexity index is 585. The van der Waals surface area contributed by atoms with Crippen LogP contribution in [0.5, 0.6) is 5.75 Å². The number of rotatable bonds is 8. The first kappa shape index (κ1) is 17.4. The second kappa shape index (κ2) is 8.08. The standard InChI is InChI=1S/C17H26N4O2/c1-12(2)15(21(3)4)10-18-11-16-19-20-17(23-16)13-6-8-14(22-5)9-7-13/h6-9,12,15,18H,10-11H2,1-5H3/t15-/m1/s1. The molecule has 1 N–H and O–H groups in total. The van der Waals surface area contributed by atoms with Crippen LogP contribution >= 0.6 is 0 Å². The van der Waals surface area contributed by atoms with E-state index in [0.717, 1.165) is 17.9 Å². The molecule has 0 amide bonds. The number of nitrogens with one attached hydrogen (secondary N) is 1. The average Bonchev–Trinajstić information content (AvgIpc) is 2.99. The van der Waals surface area contributed by atoms with Crippen molar-refractivity contribution >= 4 is 0 Å². The lowest BCUT2D eigenvalue weighted by Crippen LogP contribution is -2.41. The Morgan fingerprint density at radius 1 is 1.17 bits per heavy atom. The Morgan fingerprint density at radius 2 is 1.87 bits per heavy atom. The van der Waals surface area contributed by atoms with E-state index in [4.69, 9.17) is 9.15 Å². The maximum atomic E-state index is 5.71. The minimum atomic E-state index is 0.471. The summed E-state index contributed by atoms with van der Waals surface area (Å²) < 4.78 is 10.9. The van der Waals surface area contributed by atoms with E-state index in [2.05, 4.69) is 48.4 Å². The predicted molar refractivity (Wildman–Crippen MR) is 90.3 cm³/mol. The first-order chi connectivity index (χ1) is 11.0. The number of likely N-dealkylation sites (N-methyl/N-ethyl adjacent to an activating group) is 1. The number of aromatic nitrogens is 2. The van der Waals surface area contributed by atoms with Gasteiger partial charge in [-0.15, -0.1) is 10.2 Å². The van der Waals surface area contributed by atoms with E-state index in [1.165, 1.54) is 0 Å². The molecule has 1 aromatic heterocycles. The van der Waals surface area contributed by atoms with E-state index in [1.807, 2.05) is 24.3 Å². The molecular formula is C17H26N4O2. The quantitative estimate of drug-likeness (QED) is 0.806. The Labute approximate surface area is 137 Å². The molecule has 1 heterocycles. The molecule has 0 saturated heterocycles. The molecule has 126 valence electrons. The Hall–Kier alpha value is -1.92. The van der Waals surface area contributed by atoms with Crippen molar-refractivity contribution in [2.75, 3.05) is 27.7 Å². The summed E-state index contributed by atoms with van der Waals surface area (Å²) >= 11 is 0. The molecule has 23 heavy (non-hydrogen) atoms. The van der Waals surface area contributed by atoms with Crippen LogP contribution in [0.3, 0.4) is 0 Å². The molecule has 0 saturated carbocycles. The molecule has 0 unspecified atom stereocenters. The van der Waals surface area contributed by atoms with Crippen LogP contribution in [-0.4, -0.2) is 48.9 Å². The van der Waals surface area contributed by atoms with E-state index in [9.17, 15) is 0 Å². The molecule has 0 aliphatic carbocycles. The fourth-order valence-corrected chi connectivity index (χ4v) is 2.52. The number of methoxy groups -OCH3 is 1. The molecule has 6 nitrogen and oxygen atoms in total. The van der Waals surface area contributed by atoms with Gasteiger partial charge < -0.3 is 19.4 Å². The van der Waals surface area contributed by atoms with Crippen LogP contribution in [0.25, 0.3) is 11.5 Å². The third-order valence-electron chi connectivity index (χ3n) is 3.87. The van der Waals surface area contributed by atoms with Crippen molar-refractivity contribution < 1.29 is 9.15 Å². The topological polar surface area (TPSA) is 63.4 Å². The Balaban J connectivity index is 1.91. The summed E-state index contributed by atoms with van der Waals surface area (Å²) in [6.07, 6.45) is 0. The van der Waals surface area contributed by atoms with Gasteiger partial charge in [-0.1, -0.05) is 13.8 Å². The highest BCUT2D eigenvalue weighted by atomic mass is 16.5. The summed E-state index contributed by atoms with van der Waals surface area (Å²) in [5, 5.41) is 11.6. The van der Waals surface area contributed by atoms with Crippen molar-refractivity contribution in [2.45, 2.75) is 26.4 Å². The van der Waals surface area contributed by atoms with Crippen LogP contribution in [0.2, 0.25) is 0 Å². The maximum Gasteiger partial charge on any atom is 0.247 e. The van der Waals surface area contributed by atoms with Crippen molar-refractivity contribution in [3.8, 4) is 17.2 Å². The zero-order valence-electron chi connectivity index (χ0n) is 14.5. The van der Waals surface area contributed by atoms with E-state index >= 15 is 0 Å². The van der Waals surface area contributed by atoms with E-state index in [0.29, 0.717) is 30.3 Å². The number of nitrogens with zero attached hydrogens (tertiary/aromatic N) is 3. The normalized spacial score (nSPS) is 12.8. The first-order valence-electron chi connectivity index (χ1n) is 7.85. The third-order valence-corrected chi connectivity index (χ3v) is 3.87. The molecule has 6 heteroatoms. The van der Waals surface area contributed by atoms with Gasteiger partial charge in [0.15, 0.2) is 0 Å². The number of hydrogen-bond acceptors (Lipinski definition) is 6. The maximum absolute atomic E-state index is 5.71. The first-order valence-corrected chi connectivity index (χ1v) is 7.85. The second-order valence-corrected chi connectivity index (χ2v) is 6.14. The molecule has 0 spiro atoms. The van der Waals surface area contributed by atoms with Gasteiger partial charge in [0, 0.05) is 18.2 Å². The highest BCUT2D eigenvalue weighted by molar-refractivity contribution is 5.53. The minimum Gasteiger partial charge on any atom is -0.497 e. The lowest BCUT2D eigenvalue weighted by molar-refractivity contribution is 0.222. The summed E-state index contributed by atoms with van der Waals surface area (Å²) in [6.45, 7) is 5.90. The van der Waals surface area contributed by atoms with E-state index < -0.39 is 0 Å². The number of benzene rings is 1. The second-order valence-electron chi connectivity index (χ2n) is 6.14. The van der Waals surface area contributed by atoms with Crippen LogP contribution in [0.1, 0.15) is 19.7 Å². The fraction of sp³-hybridized carbons (Fsp3) is 0.529. The van der Waals surface area contributed by atoms with Gasteiger partial charge in [-0.3, -0.25) is 0 Å². The van der Waals surface area contributed by atoms with E-state index in [-0.39, 0.29) is 0 Å². The van der Waals surface area contributed by atoms with Crippen LogP contribution < -0.4 is 10.1 Å². The summed E-state index contributed by atoms with van der Waals surface area (Å²) in [5.74, 6) is 2.50. The SMILES string of the molecule is COc1ccc(-c2nnc(CNC[C@H](C(C)C)N(C)C)o2)cc1. The number of hydrogen-bond donors (Lipinski definition) is 1. The highest BCUT2D eigenvalue weighted by Crippen LogP contribution is 2.21. The molecule has 0 aliphatic rings. The molecule has 1 atom stereocenters. The van der Waals surface area contributed by atoms with E-state index in [1.54, 1.807) is 7.11 Å². The molecular weight excluding hydrogens is 292 g/mol. The van der Waals surface area contributed by atoms with Crippen LogP contribution in [0, 0.1) is 5.92 Å². The smallest absolute Gasteiger partial charge is 0.247 e. The lowest BCUT2D eigenvalue weighted by Gasteiger charge is -2.27.